The Morgan fingerprint density at radius 2 is 2.17 bits per heavy atom. The summed E-state index contributed by atoms with van der Waals surface area (Å²) in [6.07, 6.45) is 1.10. The number of rotatable bonds is 2. The van der Waals surface area contributed by atoms with E-state index in [2.05, 4.69) is 13.8 Å². The zero-order chi connectivity index (χ0) is 13.3. The molecule has 2 unspecified atom stereocenters. The third kappa shape index (κ3) is 2.57. The zero-order valence-corrected chi connectivity index (χ0v) is 11.2. The van der Waals surface area contributed by atoms with Gasteiger partial charge in [0.2, 0.25) is 0 Å². The number of ether oxygens (including phenoxy) is 1. The first-order valence-electron chi connectivity index (χ1n) is 6.53. The molecule has 0 aromatic heterocycles. The fraction of sp³-hybridized carbons (Fsp3) is 0.600. The molecule has 1 aliphatic rings. The second-order valence-corrected chi connectivity index (χ2v) is 5.60. The minimum absolute atomic E-state index is 0.0353. The lowest BCUT2D eigenvalue weighted by Crippen LogP contribution is -2.40. The Labute approximate surface area is 108 Å². The molecule has 1 aliphatic heterocycles. The fourth-order valence-corrected chi connectivity index (χ4v) is 2.45. The van der Waals surface area contributed by atoms with E-state index in [-0.39, 0.29) is 11.9 Å². The minimum Gasteiger partial charge on any atom is -0.385 e. The number of benzene rings is 1. The average Bonchev–Trinajstić information content (AvgIpc) is 2.32. The first kappa shape index (κ1) is 13.5. The van der Waals surface area contributed by atoms with E-state index < -0.39 is 5.60 Å². The molecule has 0 spiro atoms. The van der Waals surface area contributed by atoms with Gasteiger partial charge in [0, 0.05) is 12.8 Å². The van der Waals surface area contributed by atoms with Crippen molar-refractivity contribution in [2.24, 2.45) is 5.92 Å². The summed E-state index contributed by atoms with van der Waals surface area (Å²) in [6.45, 7) is 6.40. The Kier molecular flexibility index (Phi) is 3.74. The molecule has 18 heavy (non-hydrogen) atoms. The van der Waals surface area contributed by atoms with Crippen molar-refractivity contribution in [1.29, 1.82) is 0 Å². The van der Waals surface area contributed by atoms with Crippen LogP contribution in [0.15, 0.2) is 18.2 Å². The molecular formula is C15H21FO2. The first-order valence-corrected chi connectivity index (χ1v) is 6.53. The van der Waals surface area contributed by atoms with Crippen LogP contribution in [0.25, 0.3) is 0 Å². The van der Waals surface area contributed by atoms with E-state index in [1.807, 2.05) is 6.07 Å². The normalized spacial score (nSPS) is 28.7. The van der Waals surface area contributed by atoms with Gasteiger partial charge in [0.25, 0.3) is 0 Å². The topological polar surface area (TPSA) is 29.5 Å². The van der Waals surface area contributed by atoms with Crippen molar-refractivity contribution in [3.05, 3.63) is 35.1 Å². The molecule has 1 aromatic carbocycles. The summed E-state index contributed by atoms with van der Waals surface area (Å²) in [7, 11) is 0. The highest BCUT2D eigenvalue weighted by Crippen LogP contribution is 2.37. The molecule has 0 bridgehead atoms. The van der Waals surface area contributed by atoms with E-state index in [4.69, 9.17) is 4.74 Å². The maximum absolute atomic E-state index is 13.6. The molecule has 1 heterocycles. The highest BCUT2D eigenvalue weighted by atomic mass is 19.1. The highest BCUT2D eigenvalue weighted by molar-refractivity contribution is 5.28. The quantitative estimate of drug-likeness (QED) is 0.876. The third-order valence-electron chi connectivity index (χ3n) is 3.84. The van der Waals surface area contributed by atoms with Crippen LogP contribution in [0.4, 0.5) is 4.39 Å². The molecule has 2 rings (SSSR count). The molecule has 2 atom stereocenters. The molecule has 3 heteroatoms. The molecule has 1 aromatic rings. The summed E-state index contributed by atoms with van der Waals surface area (Å²) >= 11 is 0. The molecule has 0 aliphatic carbocycles. The van der Waals surface area contributed by atoms with Gasteiger partial charge in [-0.2, -0.15) is 0 Å². The predicted molar refractivity (Wildman–Crippen MR) is 68.8 cm³/mol. The fourth-order valence-electron chi connectivity index (χ4n) is 2.45. The lowest BCUT2D eigenvalue weighted by atomic mass is 9.81. The number of aliphatic hydroxyl groups is 1. The Bertz CT molecular complexity index is 431. The van der Waals surface area contributed by atoms with Gasteiger partial charge in [-0.3, -0.25) is 0 Å². The van der Waals surface area contributed by atoms with Gasteiger partial charge in [0.05, 0.1) is 18.3 Å². The average molecular weight is 252 g/mol. The summed E-state index contributed by atoms with van der Waals surface area (Å²) in [5.74, 6) is 0.0978. The van der Waals surface area contributed by atoms with Crippen LogP contribution in [0.3, 0.4) is 0 Å². The van der Waals surface area contributed by atoms with Crippen molar-refractivity contribution in [3.63, 3.8) is 0 Å². The summed E-state index contributed by atoms with van der Waals surface area (Å²) < 4.78 is 19.3. The van der Waals surface area contributed by atoms with Crippen LogP contribution in [0.2, 0.25) is 0 Å². The van der Waals surface area contributed by atoms with E-state index in [0.29, 0.717) is 36.5 Å². The predicted octanol–water partition coefficient (Wildman–Crippen LogP) is 3.16. The van der Waals surface area contributed by atoms with Crippen LogP contribution in [-0.4, -0.2) is 17.8 Å². The molecule has 1 N–H and O–H groups in total. The maximum atomic E-state index is 13.6. The van der Waals surface area contributed by atoms with Gasteiger partial charge >= 0.3 is 0 Å². The monoisotopic (exact) mass is 252 g/mol. The van der Waals surface area contributed by atoms with E-state index in [1.54, 1.807) is 13.0 Å². The summed E-state index contributed by atoms with van der Waals surface area (Å²) in [4.78, 5) is 0. The largest absolute Gasteiger partial charge is 0.385 e. The van der Waals surface area contributed by atoms with Crippen molar-refractivity contribution in [2.75, 3.05) is 6.61 Å². The zero-order valence-electron chi connectivity index (χ0n) is 11.2. The van der Waals surface area contributed by atoms with Crippen LogP contribution in [0, 0.1) is 18.7 Å². The molecule has 0 amide bonds. The summed E-state index contributed by atoms with van der Waals surface area (Å²) in [5.41, 5.74) is 0.316. The minimum atomic E-state index is -0.957. The number of hydrogen-bond acceptors (Lipinski definition) is 2. The molecular weight excluding hydrogens is 231 g/mol. The van der Waals surface area contributed by atoms with E-state index in [1.165, 1.54) is 6.07 Å². The van der Waals surface area contributed by atoms with Crippen molar-refractivity contribution in [3.8, 4) is 0 Å². The molecule has 100 valence electrons. The van der Waals surface area contributed by atoms with E-state index in [9.17, 15) is 9.50 Å². The molecule has 0 radical (unpaired) electrons. The van der Waals surface area contributed by atoms with Crippen LogP contribution < -0.4 is 0 Å². The molecule has 2 nitrogen and oxygen atoms in total. The van der Waals surface area contributed by atoms with Gasteiger partial charge < -0.3 is 9.84 Å². The van der Waals surface area contributed by atoms with Crippen LogP contribution in [0.5, 0.6) is 0 Å². The van der Waals surface area contributed by atoms with Gasteiger partial charge in [-0.05, 0) is 30.0 Å². The Morgan fingerprint density at radius 3 is 2.78 bits per heavy atom. The molecule has 1 saturated heterocycles. The van der Waals surface area contributed by atoms with Gasteiger partial charge in [0.15, 0.2) is 0 Å². The third-order valence-corrected chi connectivity index (χ3v) is 3.84. The van der Waals surface area contributed by atoms with Gasteiger partial charge in [0.1, 0.15) is 5.82 Å². The maximum Gasteiger partial charge on any atom is 0.126 e. The van der Waals surface area contributed by atoms with Crippen molar-refractivity contribution in [2.45, 2.75) is 45.3 Å². The van der Waals surface area contributed by atoms with Crippen LogP contribution >= 0.6 is 0 Å². The number of hydrogen-bond donors (Lipinski definition) is 1. The van der Waals surface area contributed by atoms with Crippen LogP contribution in [-0.2, 0) is 10.3 Å². The molecule has 1 fully saturated rings. The van der Waals surface area contributed by atoms with Crippen molar-refractivity contribution >= 4 is 0 Å². The van der Waals surface area contributed by atoms with Crippen molar-refractivity contribution in [1.82, 2.24) is 0 Å². The van der Waals surface area contributed by atoms with E-state index >= 15 is 0 Å². The standard InChI is InChI=1S/C15H21FO2/c1-10(2)14-9-15(17,6-7-18-14)12-5-4-11(3)13(16)8-12/h4-5,8,10,14,17H,6-7,9H2,1-3H3. The van der Waals surface area contributed by atoms with E-state index in [0.717, 1.165) is 0 Å². The smallest absolute Gasteiger partial charge is 0.126 e. The Morgan fingerprint density at radius 1 is 1.44 bits per heavy atom. The SMILES string of the molecule is Cc1ccc(C2(O)CCOC(C(C)C)C2)cc1F. The second kappa shape index (κ2) is 4.98. The van der Waals surface area contributed by atoms with Gasteiger partial charge in [-0.25, -0.2) is 4.39 Å². The first-order chi connectivity index (χ1) is 8.42. The van der Waals surface area contributed by atoms with Gasteiger partial charge in [-0.1, -0.05) is 26.0 Å². The van der Waals surface area contributed by atoms with Crippen molar-refractivity contribution < 1.29 is 14.2 Å². The lowest BCUT2D eigenvalue weighted by Gasteiger charge is -2.39. The summed E-state index contributed by atoms with van der Waals surface area (Å²) in [5, 5.41) is 10.7. The Hall–Kier alpha value is -0.930. The lowest BCUT2D eigenvalue weighted by molar-refractivity contribution is -0.121. The Balaban J connectivity index is 2.26. The number of aryl methyl sites for hydroxylation is 1. The number of halogens is 1. The van der Waals surface area contributed by atoms with Crippen LogP contribution in [0.1, 0.15) is 37.8 Å². The second-order valence-electron chi connectivity index (χ2n) is 5.60. The summed E-state index contributed by atoms with van der Waals surface area (Å²) in [6, 6.07) is 5.00. The van der Waals surface area contributed by atoms with Gasteiger partial charge in [-0.15, -0.1) is 0 Å². The highest BCUT2D eigenvalue weighted by Gasteiger charge is 2.37. The molecule has 0 saturated carbocycles.